The average molecular weight is 319 g/mol. The normalized spacial score (nSPS) is 16.0. The molecule has 23 heavy (non-hydrogen) atoms. The van der Waals surface area contributed by atoms with Gasteiger partial charge in [-0.05, 0) is 56.7 Å². The van der Waals surface area contributed by atoms with Gasteiger partial charge >= 0.3 is 5.97 Å². The zero-order valence-electron chi connectivity index (χ0n) is 13.6. The molecular formula is C18H25NO4. The molecule has 0 radical (unpaired) electrons. The SMILES string of the molecule is CC(CC(=O)O)NC(=O)CCc1cccc(OC2CCCC2)c1. The number of carbonyl (C=O) groups is 2. The molecule has 2 N–H and O–H groups in total. The van der Waals surface area contributed by atoms with Crippen LogP contribution in [0.25, 0.3) is 0 Å². The lowest BCUT2D eigenvalue weighted by Crippen LogP contribution is -2.34. The van der Waals surface area contributed by atoms with Crippen LogP contribution in [0.15, 0.2) is 24.3 Å². The molecule has 1 atom stereocenters. The molecule has 0 spiro atoms. The summed E-state index contributed by atoms with van der Waals surface area (Å²) in [6.45, 7) is 1.70. The number of rotatable bonds is 8. The highest BCUT2D eigenvalue weighted by atomic mass is 16.5. The summed E-state index contributed by atoms with van der Waals surface area (Å²) in [4.78, 5) is 22.4. The van der Waals surface area contributed by atoms with Crippen molar-refractivity contribution in [3.63, 3.8) is 0 Å². The summed E-state index contributed by atoms with van der Waals surface area (Å²) in [7, 11) is 0. The predicted molar refractivity (Wildman–Crippen MR) is 87.5 cm³/mol. The molecule has 5 heteroatoms. The van der Waals surface area contributed by atoms with Crippen LogP contribution >= 0.6 is 0 Å². The first-order valence-electron chi connectivity index (χ1n) is 8.29. The number of nitrogens with one attached hydrogen (secondary N) is 1. The first-order valence-corrected chi connectivity index (χ1v) is 8.29. The fourth-order valence-electron chi connectivity index (χ4n) is 2.89. The number of aryl methyl sites for hydroxylation is 1. The molecule has 1 unspecified atom stereocenters. The van der Waals surface area contributed by atoms with Crippen LogP contribution in [0.1, 0.15) is 51.0 Å². The number of carboxylic acid groups (broad SMARTS) is 1. The average Bonchev–Trinajstić information content (AvgIpc) is 2.97. The highest BCUT2D eigenvalue weighted by molar-refractivity contribution is 5.77. The lowest BCUT2D eigenvalue weighted by Gasteiger charge is -2.14. The molecule has 0 bridgehead atoms. The highest BCUT2D eigenvalue weighted by Crippen LogP contribution is 2.24. The number of ether oxygens (including phenoxy) is 1. The third kappa shape index (κ3) is 6.30. The van der Waals surface area contributed by atoms with Crippen molar-refractivity contribution in [3.8, 4) is 5.75 Å². The number of hydrogen-bond donors (Lipinski definition) is 2. The maximum Gasteiger partial charge on any atom is 0.305 e. The molecular weight excluding hydrogens is 294 g/mol. The summed E-state index contributed by atoms with van der Waals surface area (Å²) in [5.74, 6) is -0.163. The van der Waals surface area contributed by atoms with Crippen molar-refractivity contribution in [2.45, 2.75) is 64.0 Å². The monoisotopic (exact) mass is 319 g/mol. The Hall–Kier alpha value is -2.04. The summed E-state index contributed by atoms with van der Waals surface area (Å²) in [5.41, 5.74) is 1.06. The maximum absolute atomic E-state index is 11.8. The van der Waals surface area contributed by atoms with E-state index in [1.165, 1.54) is 12.8 Å². The largest absolute Gasteiger partial charge is 0.490 e. The lowest BCUT2D eigenvalue weighted by molar-refractivity contribution is -0.137. The van der Waals surface area contributed by atoms with Gasteiger partial charge in [-0.2, -0.15) is 0 Å². The van der Waals surface area contributed by atoms with Gasteiger partial charge in [-0.3, -0.25) is 9.59 Å². The number of carboxylic acids is 1. The Bertz CT molecular complexity index is 538. The molecule has 126 valence electrons. The van der Waals surface area contributed by atoms with Gasteiger partial charge in [0.1, 0.15) is 5.75 Å². The maximum atomic E-state index is 11.8. The van der Waals surface area contributed by atoms with Crippen molar-refractivity contribution in [2.24, 2.45) is 0 Å². The number of carbonyl (C=O) groups excluding carboxylic acids is 1. The second-order valence-corrected chi connectivity index (χ2v) is 6.24. The summed E-state index contributed by atoms with van der Waals surface area (Å²) in [6, 6.07) is 7.53. The molecule has 0 aliphatic heterocycles. The molecule has 2 rings (SSSR count). The van der Waals surface area contributed by atoms with E-state index < -0.39 is 5.97 Å². The van der Waals surface area contributed by atoms with Crippen molar-refractivity contribution >= 4 is 11.9 Å². The minimum absolute atomic E-state index is 0.0591. The second kappa shape index (κ2) is 8.56. The molecule has 1 aliphatic carbocycles. The molecule has 1 saturated carbocycles. The van der Waals surface area contributed by atoms with Gasteiger partial charge in [0.15, 0.2) is 0 Å². The van der Waals surface area contributed by atoms with Gasteiger partial charge in [0.05, 0.1) is 12.5 Å². The molecule has 0 saturated heterocycles. The van der Waals surface area contributed by atoms with Gasteiger partial charge in [-0.1, -0.05) is 12.1 Å². The Morgan fingerprint density at radius 2 is 2.09 bits per heavy atom. The Balaban J connectivity index is 1.78. The Morgan fingerprint density at radius 1 is 1.35 bits per heavy atom. The molecule has 0 aromatic heterocycles. The lowest BCUT2D eigenvalue weighted by atomic mass is 10.1. The van der Waals surface area contributed by atoms with Crippen LogP contribution in [0, 0.1) is 0 Å². The van der Waals surface area contributed by atoms with Crippen molar-refractivity contribution in [1.29, 1.82) is 0 Å². The highest BCUT2D eigenvalue weighted by Gasteiger charge is 2.16. The smallest absolute Gasteiger partial charge is 0.305 e. The van der Waals surface area contributed by atoms with E-state index in [-0.39, 0.29) is 18.4 Å². The molecule has 1 amide bonds. The van der Waals surface area contributed by atoms with Gasteiger partial charge in [-0.15, -0.1) is 0 Å². The van der Waals surface area contributed by atoms with Crippen LogP contribution in [0.5, 0.6) is 5.75 Å². The predicted octanol–water partition coefficient (Wildman–Crippen LogP) is 2.92. The summed E-state index contributed by atoms with van der Waals surface area (Å²) < 4.78 is 5.97. The number of hydrogen-bond acceptors (Lipinski definition) is 3. The number of amides is 1. The minimum Gasteiger partial charge on any atom is -0.490 e. The summed E-state index contributed by atoms with van der Waals surface area (Å²) in [5, 5.41) is 11.4. The van der Waals surface area contributed by atoms with Crippen molar-refractivity contribution in [1.82, 2.24) is 5.32 Å². The van der Waals surface area contributed by atoms with Gasteiger partial charge < -0.3 is 15.2 Å². The molecule has 5 nitrogen and oxygen atoms in total. The van der Waals surface area contributed by atoms with Gasteiger partial charge in [0, 0.05) is 12.5 Å². The van der Waals surface area contributed by atoms with Crippen LogP contribution in [0.4, 0.5) is 0 Å². The van der Waals surface area contributed by atoms with Crippen LogP contribution in [-0.4, -0.2) is 29.1 Å². The second-order valence-electron chi connectivity index (χ2n) is 6.24. The van der Waals surface area contributed by atoms with Crippen molar-refractivity contribution < 1.29 is 19.4 Å². The molecule has 1 fully saturated rings. The van der Waals surface area contributed by atoms with Crippen LogP contribution < -0.4 is 10.1 Å². The Labute approximate surface area is 137 Å². The standard InChI is InChI=1S/C18H25NO4/c1-13(11-18(21)22)19-17(20)10-9-14-5-4-8-16(12-14)23-15-6-2-3-7-15/h4-5,8,12-13,15H,2-3,6-7,9-11H2,1H3,(H,19,20)(H,21,22). The van der Waals surface area contributed by atoms with Gasteiger partial charge in [-0.25, -0.2) is 0 Å². The van der Waals surface area contributed by atoms with Gasteiger partial charge in [0.2, 0.25) is 5.91 Å². The van der Waals surface area contributed by atoms with Crippen molar-refractivity contribution in [3.05, 3.63) is 29.8 Å². The van der Waals surface area contributed by atoms with E-state index in [9.17, 15) is 9.59 Å². The van der Waals surface area contributed by atoms with Crippen LogP contribution in [0.2, 0.25) is 0 Å². The molecule has 0 heterocycles. The van der Waals surface area contributed by atoms with Crippen molar-refractivity contribution in [2.75, 3.05) is 0 Å². The third-order valence-corrected chi connectivity index (χ3v) is 4.03. The molecule has 1 aliphatic rings. The number of aliphatic carboxylic acids is 1. The quantitative estimate of drug-likeness (QED) is 0.772. The first kappa shape index (κ1) is 17.3. The van der Waals surface area contributed by atoms with Crippen LogP contribution in [-0.2, 0) is 16.0 Å². The fourth-order valence-corrected chi connectivity index (χ4v) is 2.89. The van der Waals surface area contributed by atoms with E-state index in [1.54, 1.807) is 6.92 Å². The molecule has 1 aromatic carbocycles. The summed E-state index contributed by atoms with van der Waals surface area (Å²) in [6.07, 6.45) is 5.94. The third-order valence-electron chi connectivity index (χ3n) is 4.03. The zero-order chi connectivity index (χ0) is 16.7. The van der Waals surface area contributed by atoms with E-state index in [4.69, 9.17) is 9.84 Å². The Kier molecular flexibility index (Phi) is 6.44. The minimum atomic E-state index is -0.908. The van der Waals surface area contributed by atoms with E-state index in [2.05, 4.69) is 5.32 Å². The topological polar surface area (TPSA) is 75.6 Å². The Morgan fingerprint density at radius 3 is 2.78 bits per heavy atom. The molecule has 1 aromatic rings. The number of benzene rings is 1. The zero-order valence-corrected chi connectivity index (χ0v) is 13.6. The van der Waals surface area contributed by atoms with E-state index in [0.717, 1.165) is 24.2 Å². The van der Waals surface area contributed by atoms with E-state index >= 15 is 0 Å². The first-order chi connectivity index (χ1) is 11.0. The van der Waals surface area contributed by atoms with E-state index in [1.807, 2.05) is 24.3 Å². The fraction of sp³-hybridized carbons (Fsp3) is 0.556. The van der Waals surface area contributed by atoms with Crippen LogP contribution in [0.3, 0.4) is 0 Å². The summed E-state index contributed by atoms with van der Waals surface area (Å²) >= 11 is 0. The van der Waals surface area contributed by atoms with E-state index in [0.29, 0.717) is 18.9 Å². The van der Waals surface area contributed by atoms with Gasteiger partial charge in [0.25, 0.3) is 0 Å².